The molecular formula is C54H76O39S2. The molecule has 0 spiro atoms. The summed E-state index contributed by atoms with van der Waals surface area (Å²) in [6, 6.07) is 9.40. The molecule has 20 bridgehead atoms. The van der Waals surface area contributed by atoms with E-state index in [0.717, 1.165) is 24.3 Å². The topological polar surface area (TPSA) is 600 Å². The van der Waals surface area contributed by atoms with Crippen LogP contribution in [-0.4, -0.2) is 375 Å². The average molecular weight is 1410 g/mol. The molecule has 15 saturated heterocycles. The molecule has 2 aromatic rings. The highest BCUT2D eigenvalue weighted by Gasteiger charge is 2.60. The molecule has 28 aliphatic heterocycles. The second-order valence-corrected chi connectivity index (χ2v) is 27.0. The van der Waals surface area contributed by atoms with Gasteiger partial charge in [0.15, 0.2) is 44.0 Å². The van der Waals surface area contributed by atoms with Crippen LogP contribution in [0.2, 0.25) is 0 Å². The van der Waals surface area contributed by atoms with Crippen molar-refractivity contribution in [2.75, 3.05) is 46.2 Å². The van der Waals surface area contributed by atoms with Gasteiger partial charge >= 0.3 is 0 Å². The highest BCUT2D eigenvalue weighted by atomic mass is 32.2. The van der Waals surface area contributed by atoms with Gasteiger partial charge in [-0.2, -0.15) is 16.8 Å². The smallest absolute Gasteiger partial charge is 0.297 e. The van der Waals surface area contributed by atoms with Gasteiger partial charge in [0.05, 0.1) is 56.0 Å². The molecular weight excluding hydrogens is 1340 g/mol. The van der Waals surface area contributed by atoms with Crippen LogP contribution in [0.3, 0.4) is 0 Å². The van der Waals surface area contributed by atoms with Crippen LogP contribution in [0.1, 0.15) is 0 Å². The Morgan fingerprint density at radius 1 is 0.263 bits per heavy atom. The molecule has 30 rings (SSSR count). The van der Waals surface area contributed by atoms with Crippen molar-refractivity contribution in [2.45, 2.75) is 225 Å². The maximum atomic E-state index is 14.0. The van der Waals surface area contributed by atoms with Crippen molar-refractivity contribution in [2.24, 2.45) is 0 Å². The SMILES string of the molecule is O=S1(=O)OC[C@@H]2O[C@@H]3O[C@@H]4C(O)C(O)[C@H](O[C@H]4CO)O[C@H]4C(O)C(O)[C@@H](O[C@@H]5C(O)C(O)[C@H](O[C@H]5CO)O[C@H]5C(O)C(O)[C@@H](OC6C(O)C(O)[C@H](O[C@H]6CO)O[C@H]6C(O)C(O)[C@H](O[C@H]6CO)O[C@@H]2C(O)C3O)O[C@@H]5COS(=O)(=O)c2ccc(cc2)-c2ccc1cc2)O[C@@H]4CO. The van der Waals surface area contributed by atoms with Crippen molar-refractivity contribution in [1.82, 2.24) is 0 Å². The molecule has 15 unspecified atom stereocenters. The number of fused-ring (bicyclic) bond motifs is 1. The second kappa shape index (κ2) is 29.9. The Balaban J connectivity index is 1.00. The van der Waals surface area contributed by atoms with Crippen LogP contribution < -0.4 is 0 Å². The molecule has 0 saturated carbocycles. The Morgan fingerprint density at radius 3 is 0.663 bits per heavy atom. The maximum absolute atomic E-state index is 14.0. The second-order valence-electron chi connectivity index (χ2n) is 23.8. The first-order valence-electron chi connectivity index (χ1n) is 29.9. The minimum absolute atomic E-state index is 0.277. The van der Waals surface area contributed by atoms with E-state index in [-0.39, 0.29) is 11.1 Å². The largest absolute Gasteiger partial charge is 0.394 e. The van der Waals surface area contributed by atoms with E-state index in [1.807, 2.05) is 0 Å². The van der Waals surface area contributed by atoms with Crippen molar-refractivity contribution < 1.29 is 189 Å². The lowest BCUT2D eigenvalue weighted by molar-refractivity contribution is -0.396. The Morgan fingerprint density at radius 2 is 0.453 bits per heavy atom. The molecule has 0 aliphatic carbocycles. The molecule has 95 heavy (non-hydrogen) atoms. The lowest BCUT2D eigenvalue weighted by atomic mass is 9.95. The first-order chi connectivity index (χ1) is 45.1. The number of rotatable bonds is 5. The van der Waals surface area contributed by atoms with Gasteiger partial charge in [0.2, 0.25) is 0 Å². The molecule has 19 N–H and O–H groups in total. The van der Waals surface area contributed by atoms with E-state index in [1.54, 1.807) is 0 Å². The van der Waals surface area contributed by atoms with Gasteiger partial charge in [0, 0.05) is 0 Å². The normalized spacial score (nSPS) is 49.1. The van der Waals surface area contributed by atoms with Crippen molar-refractivity contribution in [3.63, 3.8) is 0 Å². The third-order valence-corrected chi connectivity index (χ3v) is 20.4. The van der Waals surface area contributed by atoms with Gasteiger partial charge in [-0.1, -0.05) is 24.3 Å². The quantitative estimate of drug-likeness (QED) is 0.124. The Kier molecular flexibility index (Phi) is 23.0. The number of benzene rings is 2. The van der Waals surface area contributed by atoms with Crippen molar-refractivity contribution in [1.29, 1.82) is 0 Å². The van der Waals surface area contributed by atoms with Crippen LogP contribution in [0.25, 0.3) is 11.1 Å². The summed E-state index contributed by atoms with van der Waals surface area (Å²) in [7, 11) is -9.89. The van der Waals surface area contributed by atoms with Crippen molar-refractivity contribution in [3.05, 3.63) is 48.5 Å². The minimum atomic E-state index is -4.95. The summed E-state index contributed by atoms with van der Waals surface area (Å²) in [5, 5.41) is 216. The van der Waals surface area contributed by atoms with Crippen LogP contribution in [0.4, 0.5) is 0 Å². The van der Waals surface area contributed by atoms with Gasteiger partial charge in [-0.3, -0.25) is 8.37 Å². The molecule has 0 radical (unpaired) electrons. The molecule has 35 atom stereocenters. The van der Waals surface area contributed by atoms with Crippen LogP contribution in [0, 0.1) is 0 Å². The maximum Gasteiger partial charge on any atom is 0.297 e. The van der Waals surface area contributed by atoms with Crippen LogP contribution in [-0.2, 0) is 94.9 Å². The van der Waals surface area contributed by atoms with E-state index in [4.69, 9.17) is 74.7 Å². The van der Waals surface area contributed by atoms with Gasteiger partial charge in [-0.15, -0.1) is 0 Å². The zero-order valence-electron chi connectivity index (χ0n) is 49.3. The Hall–Kier alpha value is -3.06. The molecule has 28 aliphatic rings. The van der Waals surface area contributed by atoms with Crippen molar-refractivity contribution in [3.8, 4) is 11.1 Å². The molecule has 15 fully saturated rings. The molecule has 0 amide bonds. The molecule has 2 aromatic carbocycles. The number of ether oxygens (including phenoxy) is 14. The lowest BCUT2D eigenvalue weighted by Gasteiger charge is -2.50. The number of aliphatic hydroxyl groups excluding tert-OH is 19. The summed E-state index contributed by atoms with van der Waals surface area (Å²) in [5.41, 5.74) is 0.555. The standard InChI is InChI=1S/C54H76O39S2/c55-9-20-41-27(60)34(67)48(80-20)88-42-21(10-56)83-51(37(70)30(42)63)92-46-25-14-78-94(74,75)18-5-1-16(2-6-18)17-3-7-19(8-4-17)95(76,77)79-15-26-47(32(65)39(72)53(85-26)90-44-23(12-58)81-49(87-41)35(68)28(44)61)93-52-38(71)31(64)43(22(11-57)84-52)89-50-36(69)29(62)45(24(13-59)82-50)91-54(86-25)40(73)33(46)66/h1-8,20-73H,9-15H2/t20-,21+,22+,23+,24+,25-,26+,27?,28?,29?,30?,31?,32?,33?,34?,35?,36?,37?,38?,39?,40?,41-,42+,43-,44+,45?,46-,47+,48-,49-,50-,51-,52-,53-,54-/m1/s1. The average Bonchev–Trinajstić information content (AvgIpc) is 0.796. The summed E-state index contributed by atoms with van der Waals surface area (Å²) < 4.78 is 149. The first-order valence-corrected chi connectivity index (χ1v) is 32.7. The third kappa shape index (κ3) is 14.5. The zero-order valence-corrected chi connectivity index (χ0v) is 50.9. The highest BCUT2D eigenvalue weighted by molar-refractivity contribution is 7.87. The fraction of sp³-hybridized carbons (Fsp3) is 0.778. The van der Waals surface area contributed by atoms with E-state index in [1.165, 1.54) is 24.3 Å². The number of hydrogen-bond donors (Lipinski definition) is 19. The summed E-state index contributed by atoms with van der Waals surface area (Å²) in [4.78, 5) is -1.07. The molecule has 41 heteroatoms. The predicted molar refractivity (Wildman–Crippen MR) is 292 cm³/mol. The number of aliphatic hydroxyl groups is 19. The Bertz CT molecular complexity index is 3060. The summed E-state index contributed by atoms with van der Waals surface area (Å²) in [6.45, 7) is -8.14. The zero-order chi connectivity index (χ0) is 68.4. The third-order valence-electron chi connectivity index (χ3n) is 17.8. The Labute approximate surface area is 537 Å². The summed E-state index contributed by atoms with van der Waals surface area (Å²) in [5.74, 6) is 0. The van der Waals surface area contributed by atoms with Gasteiger partial charge in [-0.25, -0.2) is 0 Å². The monoisotopic (exact) mass is 1410 g/mol. The summed E-state index contributed by atoms with van der Waals surface area (Å²) >= 11 is 0. The fourth-order valence-electron chi connectivity index (χ4n) is 12.5. The van der Waals surface area contributed by atoms with Gasteiger partial charge in [0.25, 0.3) is 20.2 Å². The van der Waals surface area contributed by atoms with Crippen LogP contribution in [0.5, 0.6) is 0 Å². The van der Waals surface area contributed by atoms with E-state index in [2.05, 4.69) is 0 Å². The van der Waals surface area contributed by atoms with Crippen LogP contribution in [0.15, 0.2) is 58.3 Å². The van der Waals surface area contributed by atoms with Gasteiger partial charge in [0.1, 0.15) is 171 Å². The molecule has 538 valence electrons. The minimum Gasteiger partial charge on any atom is -0.394 e. The van der Waals surface area contributed by atoms with E-state index >= 15 is 0 Å². The van der Waals surface area contributed by atoms with Crippen LogP contribution >= 0.6 is 0 Å². The predicted octanol–water partition coefficient (Wildman–Crippen LogP) is -12.4. The van der Waals surface area contributed by atoms with E-state index in [0.29, 0.717) is 0 Å². The van der Waals surface area contributed by atoms with E-state index < -0.39 is 291 Å². The summed E-state index contributed by atoms with van der Waals surface area (Å²) in [6.07, 6.45) is -76.0. The van der Waals surface area contributed by atoms with Crippen molar-refractivity contribution >= 4 is 20.2 Å². The van der Waals surface area contributed by atoms with Gasteiger partial charge in [-0.05, 0) is 35.4 Å². The molecule has 28 heterocycles. The first kappa shape index (κ1) is 73.2. The van der Waals surface area contributed by atoms with Gasteiger partial charge < -0.3 is 163 Å². The molecule has 0 aromatic heterocycles. The van der Waals surface area contributed by atoms with E-state index in [9.17, 15) is 114 Å². The lowest BCUT2D eigenvalue weighted by Crippen LogP contribution is -2.68. The molecule has 39 nitrogen and oxygen atoms in total. The fourth-order valence-corrected chi connectivity index (χ4v) is 14.3. The number of hydrogen-bond acceptors (Lipinski definition) is 39. The highest BCUT2D eigenvalue weighted by Crippen LogP contribution is 2.40.